The molecule has 1 unspecified atom stereocenters. The lowest BCUT2D eigenvalue weighted by molar-refractivity contribution is 0.0398. The summed E-state index contributed by atoms with van der Waals surface area (Å²) in [6.07, 6.45) is 1.09. The van der Waals surface area contributed by atoms with Crippen molar-refractivity contribution < 1.29 is 18.9 Å². The average molecular weight is 302 g/mol. The maximum absolute atomic E-state index is 5.83. The largest absolute Gasteiger partial charge is 0.481 e. The van der Waals surface area contributed by atoms with E-state index in [0.29, 0.717) is 24.1 Å². The highest BCUT2D eigenvalue weighted by atomic mass is 16.5. The van der Waals surface area contributed by atoms with E-state index in [1.54, 1.807) is 6.07 Å². The molecule has 1 aromatic carbocycles. The molecule has 1 aliphatic heterocycles. The number of benzene rings is 1. The molecule has 1 aromatic heterocycles. The predicted octanol–water partition coefficient (Wildman–Crippen LogP) is 2.75. The highest BCUT2D eigenvalue weighted by molar-refractivity contribution is 5.42. The van der Waals surface area contributed by atoms with Gasteiger partial charge in [-0.25, -0.2) is 0 Å². The van der Waals surface area contributed by atoms with Crippen molar-refractivity contribution in [1.82, 2.24) is 9.97 Å². The van der Waals surface area contributed by atoms with E-state index < -0.39 is 0 Å². The third kappa shape index (κ3) is 2.96. The zero-order valence-corrected chi connectivity index (χ0v) is 12.8. The number of methoxy groups -OCH3 is 2. The van der Waals surface area contributed by atoms with Gasteiger partial charge in [-0.1, -0.05) is 12.1 Å². The molecule has 0 saturated heterocycles. The van der Waals surface area contributed by atoms with Crippen molar-refractivity contribution >= 4 is 0 Å². The van der Waals surface area contributed by atoms with Crippen LogP contribution in [0.2, 0.25) is 0 Å². The van der Waals surface area contributed by atoms with Gasteiger partial charge in [-0.05, 0) is 25.0 Å². The second kappa shape index (κ2) is 6.19. The second-order valence-electron chi connectivity index (χ2n) is 5.06. The number of nitrogens with zero attached hydrogens (tertiary/aromatic N) is 2. The van der Waals surface area contributed by atoms with E-state index in [9.17, 15) is 0 Å². The van der Waals surface area contributed by atoms with Crippen molar-refractivity contribution in [2.45, 2.75) is 26.1 Å². The van der Waals surface area contributed by atoms with Crippen LogP contribution in [0, 0.1) is 0 Å². The molecule has 0 aliphatic carbocycles. The lowest BCUT2D eigenvalue weighted by Gasteiger charge is -2.24. The SMILES string of the molecule is COc1cc(OC)nc(Oc2cccc3c2COC(C)C3)n1. The van der Waals surface area contributed by atoms with Crippen LogP contribution >= 0.6 is 0 Å². The third-order valence-corrected chi connectivity index (χ3v) is 3.53. The van der Waals surface area contributed by atoms with Gasteiger partial charge in [0.15, 0.2) is 0 Å². The Hall–Kier alpha value is -2.34. The monoisotopic (exact) mass is 302 g/mol. The quantitative estimate of drug-likeness (QED) is 0.865. The number of rotatable bonds is 4. The number of ether oxygens (including phenoxy) is 4. The second-order valence-corrected chi connectivity index (χ2v) is 5.06. The summed E-state index contributed by atoms with van der Waals surface area (Å²) in [6, 6.07) is 7.71. The molecule has 6 nitrogen and oxygen atoms in total. The van der Waals surface area contributed by atoms with Crippen molar-refractivity contribution in [1.29, 1.82) is 0 Å². The van der Waals surface area contributed by atoms with Crippen LogP contribution in [0.25, 0.3) is 0 Å². The number of fused-ring (bicyclic) bond motifs is 1. The molecule has 22 heavy (non-hydrogen) atoms. The smallest absolute Gasteiger partial charge is 0.328 e. The summed E-state index contributed by atoms with van der Waals surface area (Å²) in [7, 11) is 3.07. The van der Waals surface area contributed by atoms with E-state index in [4.69, 9.17) is 18.9 Å². The highest BCUT2D eigenvalue weighted by Crippen LogP contribution is 2.32. The molecule has 2 aromatic rings. The molecule has 6 heteroatoms. The zero-order chi connectivity index (χ0) is 15.5. The lowest BCUT2D eigenvalue weighted by atomic mass is 9.99. The van der Waals surface area contributed by atoms with Gasteiger partial charge in [-0.15, -0.1) is 0 Å². The van der Waals surface area contributed by atoms with Crippen LogP contribution in [0.3, 0.4) is 0 Å². The van der Waals surface area contributed by atoms with E-state index in [-0.39, 0.29) is 12.1 Å². The van der Waals surface area contributed by atoms with Gasteiger partial charge < -0.3 is 18.9 Å². The van der Waals surface area contributed by atoms with Gasteiger partial charge in [-0.2, -0.15) is 9.97 Å². The van der Waals surface area contributed by atoms with Crippen LogP contribution in [0.5, 0.6) is 23.5 Å². The van der Waals surface area contributed by atoms with Crippen LogP contribution in [-0.4, -0.2) is 30.3 Å². The summed E-state index contributed by atoms with van der Waals surface area (Å²) in [5, 5.41) is 0. The molecule has 0 spiro atoms. The minimum atomic E-state index is 0.184. The minimum absolute atomic E-state index is 0.184. The van der Waals surface area contributed by atoms with Crippen LogP contribution in [0.1, 0.15) is 18.1 Å². The molecule has 1 atom stereocenters. The van der Waals surface area contributed by atoms with E-state index in [2.05, 4.69) is 23.0 Å². The fraction of sp³-hybridized carbons (Fsp3) is 0.375. The summed E-state index contributed by atoms with van der Waals surface area (Å²) in [5.41, 5.74) is 2.26. The maximum atomic E-state index is 5.83. The maximum Gasteiger partial charge on any atom is 0.328 e. The first-order valence-electron chi connectivity index (χ1n) is 7.07. The minimum Gasteiger partial charge on any atom is -0.481 e. The van der Waals surface area contributed by atoms with E-state index >= 15 is 0 Å². The highest BCUT2D eigenvalue weighted by Gasteiger charge is 2.20. The Morgan fingerprint density at radius 2 is 1.86 bits per heavy atom. The Morgan fingerprint density at radius 3 is 2.55 bits per heavy atom. The van der Waals surface area contributed by atoms with E-state index in [0.717, 1.165) is 12.0 Å². The third-order valence-electron chi connectivity index (χ3n) is 3.53. The van der Waals surface area contributed by atoms with Crippen molar-refractivity contribution in [3.63, 3.8) is 0 Å². The van der Waals surface area contributed by atoms with Gasteiger partial charge in [0.05, 0.1) is 33.0 Å². The molecule has 0 N–H and O–H groups in total. The molecule has 3 rings (SSSR count). The Labute approximate surface area is 129 Å². The molecule has 0 bridgehead atoms. The lowest BCUT2D eigenvalue weighted by Crippen LogP contribution is -2.19. The van der Waals surface area contributed by atoms with Gasteiger partial charge in [-0.3, -0.25) is 0 Å². The number of aromatic nitrogens is 2. The first kappa shape index (κ1) is 14.6. The Morgan fingerprint density at radius 1 is 1.14 bits per heavy atom. The van der Waals surface area contributed by atoms with Crippen LogP contribution in [0.4, 0.5) is 0 Å². The Balaban J connectivity index is 1.92. The molecule has 0 radical (unpaired) electrons. The average Bonchev–Trinajstić information content (AvgIpc) is 2.54. The first-order valence-corrected chi connectivity index (χ1v) is 7.07. The first-order chi connectivity index (χ1) is 10.7. The summed E-state index contributed by atoms with van der Waals surface area (Å²) in [4.78, 5) is 8.37. The van der Waals surface area contributed by atoms with E-state index in [1.807, 2.05) is 12.1 Å². The van der Waals surface area contributed by atoms with Crippen molar-refractivity contribution in [3.8, 4) is 23.5 Å². The van der Waals surface area contributed by atoms with Crippen molar-refractivity contribution in [2.24, 2.45) is 0 Å². The molecule has 0 amide bonds. The fourth-order valence-electron chi connectivity index (χ4n) is 2.39. The summed E-state index contributed by atoms with van der Waals surface area (Å²) < 4.78 is 21.8. The van der Waals surface area contributed by atoms with E-state index in [1.165, 1.54) is 19.8 Å². The van der Waals surface area contributed by atoms with Crippen LogP contribution in [-0.2, 0) is 17.8 Å². The number of hydrogen-bond donors (Lipinski definition) is 0. The van der Waals surface area contributed by atoms with Gasteiger partial charge in [0.2, 0.25) is 11.8 Å². The summed E-state index contributed by atoms with van der Waals surface area (Å²) >= 11 is 0. The molecule has 0 saturated carbocycles. The fourth-order valence-corrected chi connectivity index (χ4v) is 2.39. The standard InChI is InChI=1S/C16H18N2O4/c1-10-7-11-5-4-6-13(12(11)9-21-10)22-16-17-14(19-2)8-15(18-16)20-3/h4-6,8,10H,7,9H2,1-3H3. The summed E-state index contributed by atoms with van der Waals surface area (Å²) in [6.45, 7) is 2.58. The zero-order valence-electron chi connectivity index (χ0n) is 12.8. The van der Waals surface area contributed by atoms with Crippen molar-refractivity contribution in [3.05, 3.63) is 35.4 Å². The van der Waals surface area contributed by atoms with Crippen LogP contribution < -0.4 is 14.2 Å². The Bertz CT molecular complexity index is 653. The van der Waals surface area contributed by atoms with Gasteiger partial charge in [0.1, 0.15) is 5.75 Å². The van der Waals surface area contributed by atoms with Crippen LogP contribution in [0.15, 0.2) is 24.3 Å². The topological polar surface area (TPSA) is 62.7 Å². The molecular weight excluding hydrogens is 284 g/mol. The molecule has 2 heterocycles. The van der Waals surface area contributed by atoms with Gasteiger partial charge >= 0.3 is 6.01 Å². The molecule has 0 fully saturated rings. The predicted molar refractivity (Wildman–Crippen MR) is 79.6 cm³/mol. The number of hydrogen-bond acceptors (Lipinski definition) is 6. The normalized spacial score (nSPS) is 16.8. The van der Waals surface area contributed by atoms with Gasteiger partial charge in [0.25, 0.3) is 0 Å². The molecule has 1 aliphatic rings. The molecular formula is C16H18N2O4. The molecule has 116 valence electrons. The van der Waals surface area contributed by atoms with Gasteiger partial charge in [0, 0.05) is 5.56 Å². The van der Waals surface area contributed by atoms with Crippen molar-refractivity contribution in [2.75, 3.05) is 14.2 Å². The Kier molecular flexibility index (Phi) is 4.11. The summed E-state index contributed by atoms with van der Waals surface area (Å²) in [5.74, 6) is 1.47.